The van der Waals surface area contributed by atoms with Gasteiger partial charge in [0.1, 0.15) is 5.82 Å². The Morgan fingerprint density at radius 3 is 2.80 bits per heavy atom. The molecule has 5 nitrogen and oxygen atoms in total. The van der Waals surface area contributed by atoms with Crippen molar-refractivity contribution in [3.05, 3.63) is 29.6 Å². The van der Waals surface area contributed by atoms with Crippen LogP contribution in [0.2, 0.25) is 0 Å². The summed E-state index contributed by atoms with van der Waals surface area (Å²) in [6.07, 6.45) is 6.19. The number of hydrogen-bond acceptors (Lipinski definition) is 3. The maximum absolute atomic E-state index is 12.5. The van der Waals surface area contributed by atoms with Gasteiger partial charge in [0.05, 0.1) is 11.0 Å². The first-order chi connectivity index (χ1) is 12.2. The molecule has 0 atom stereocenters. The van der Waals surface area contributed by atoms with Crippen molar-refractivity contribution in [2.24, 2.45) is 5.92 Å². The number of piperidine rings is 1. The molecule has 1 aliphatic carbocycles. The number of aromatic nitrogens is 2. The number of benzene rings is 1. The van der Waals surface area contributed by atoms with Gasteiger partial charge in [-0.1, -0.05) is 12.1 Å². The fourth-order valence-corrected chi connectivity index (χ4v) is 3.72. The van der Waals surface area contributed by atoms with Crippen molar-refractivity contribution in [2.45, 2.75) is 51.5 Å². The summed E-state index contributed by atoms with van der Waals surface area (Å²) in [7, 11) is 0. The summed E-state index contributed by atoms with van der Waals surface area (Å²) in [6, 6.07) is 6.74. The molecule has 134 valence electrons. The van der Waals surface area contributed by atoms with Gasteiger partial charge in [0.2, 0.25) is 5.91 Å². The zero-order valence-corrected chi connectivity index (χ0v) is 15.1. The minimum Gasteiger partial charge on any atom is -0.343 e. The number of nitrogens with one attached hydrogen (secondary N) is 2. The highest BCUT2D eigenvalue weighted by atomic mass is 16.2. The van der Waals surface area contributed by atoms with E-state index in [2.05, 4.69) is 28.3 Å². The zero-order chi connectivity index (χ0) is 17.2. The number of aromatic amines is 1. The second-order valence-corrected chi connectivity index (χ2v) is 7.66. The minimum atomic E-state index is 0.262. The number of likely N-dealkylation sites (tertiary alicyclic amines) is 1. The fourth-order valence-electron chi connectivity index (χ4n) is 3.72. The summed E-state index contributed by atoms with van der Waals surface area (Å²) < 4.78 is 0. The van der Waals surface area contributed by atoms with Crippen LogP contribution in [0.25, 0.3) is 11.0 Å². The lowest BCUT2D eigenvalue weighted by atomic mass is 10.0. The monoisotopic (exact) mass is 340 g/mol. The smallest absolute Gasteiger partial charge is 0.223 e. The molecule has 2 heterocycles. The quantitative estimate of drug-likeness (QED) is 0.850. The molecule has 0 bridgehead atoms. The molecule has 2 fully saturated rings. The molecule has 1 aliphatic heterocycles. The molecular formula is C20H28N4O. The Morgan fingerprint density at radius 1 is 1.28 bits per heavy atom. The predicted molar refractivity (Wildman–Crippen MR) is 99.5 cm³/mol. The van der Waals surface area contributed by atoms with Crippen LogP contribution in [-0.2, 0) is 11.2 Å². The van der Waals surface area contributed by atoms with Crippen LogP contribution >= 0.6 is 0 Å². The first-order valence-electron chi connectivity index (χ1n) is 9.64. The molecule has 0 radical (unpaired) electrons. The summed E-state index contributed by atoms with van der Waals surface area (Å²) in [5.74, 6) is 2.10. The van der Waals surface area contributed by atoms with Crippen molar-refractivity contribution in [3.63, 3.8) is 0 Å². The summed E-state index contributed by atoms with van der Waals surface area (Å²) in [6.45, 7) is 5.02. The van der Waals surface area contributed by atoms with E-state index < -0.39 is 0 Å². The molecule has 1 aromatic carbocycles. The van der Waals surface area contributed by atoms with Crippen LogP contribution in [0.5, 0.6) is 0 Å². The highest BCUT2D eigenvalue weighted by Crippen LogP contribution is 2.28. The average Bonchev–Trinajstić information content (AvgIpc) is 3.36. The van der Waals surface area contributed by atoms with E-state index in [4.69, 9.17) is 0 Å². The van der Waals surface area contributed by atoms with Gasteiger partial charge in [-0.3, -0.25) is 4.79 Å². The first-order valence-corrected chi connectivity index (χ1v) is 9.64. The summed E-state index contributed by atoms with van der Waals surface area (Å²) >= 11 is 0. The standard InChI is InChI=1S/C20H28N4O/c1-14-3-2-4-17-20(14)23-18(22-17)7-8-19(25)24-11-9-16(10-12-24)21-13-15-5-6-15/h2-4,15-16,21H,5-13H2,1H3,(H,22,23). The van der Waals surface area contributed by atoms with Crippen LogP contribution in [0.1, 0.15) is 43.5 Å². The number of nitrogens with zero attached hydrogens (tertiary/aromatic N) is 2. The molecule has 1 aromatic heterocycles. The lowest BCUT2D eigenvalue weighted by molar-refractivity contribution is -0.132. The van der Waals surface area contributed by atoms with Crippen LogP contribution in [0.15, 0.2) is 18.2 Å². The van der Waals surface area contributed by atoms with Crippen LogP contribution in [0, 0.1) is 12.8 Å². The van der Waals surface area contributed by atoms with Crippen molar-refractivity contribution in [1.29, 1.82) is 0 Å². The van der Waals surface area contributed by atoms with Gasteiger partial charge in [-0.25, -0.2) is 4.98 Å². The molecule has 25 heavy (non-hydrogen) atoms. The largest absolute Gasteiger partial charge is 0.343 e. The van der Waals surface area contributed by atoms with Crippen molar-refractivity contribution < 1.29 is 4.79 Å². The lowest BCUT2D eigenvalue weighted by Crippen LogP contribution is -2.45. The van der Waals surface area contributed by atoms with Crippen LogP contribution < -0.4 is 5.32 Å². The second kappa shape index (κ2) is 7.16. The molecule has 0 spiro atoms. The number of hydrogen-bond donors (Lipinski definition) is 2. The Morgan fingerprint density at radius 2 is 2.08 bits per heavy atom. The Kier molecular flexibility index (Phi) is 4.75. The fraction of sp³-hybridized carbons (Fsp3) is 0.600. The molecular weight excluding hydrogens is 312 g/mol. The highest BCUT2D eigenvalue weighted by Gasteiger charge is 2.25. The van der Waals surface area contributed by atoms with Crippen molar-refractivity contribution in [1.82, 2.24) is 20.2 Å². The van der Waals surface area contributed by atoms with E-state index in [0.717, 1.165) is 48.7 Å². The molecule has 4 rings (SSSR count). The molecule has 1 amide bonds. The topological polar surface area (TPSA) is 61.0 Å². The second-order valence-electron chi connectivity index (χ2n) is 7.66. The Balaban J connectivity index is 1.25. The maximum atomic E-state index is 12.5. The van der Waals surface area contributed by atoms with Gasteiger partial charge in [-0.2, -0.15) is 0 Å². The number of amides is 1. The highest BCUT2D eigenvalue weighted by molar-refractivity contribution is 5.79. The summed E-state index contributed by atoms with van der Waals surface area (Å²) in [5.41, 5.74) is 3.25. The maximum Gasteiger partial charge on any atom is 0.223 e. The molecule has 2 aliphatic rings. The third kappa shape index (κ3) is 4.03. The van der Waals surface area contributed by atoms with E-state index in [0.29, 0.717) is 18.9 Å². The van der Waals surface area contributed by atoms with Crippen LogP contribution in [0.4, 0.5) is 0 Å². The molecule has 2 aromatic rings. The Labute approximate surface area is 149 Å². The first kappa shape index (κ1) is 16.6. The molecule has 1 saturated heterocycles. The normalized spacial score (nSPS) is 18.8. The van der Waals surface area contributed by atoms with Crippen molar-refractivity contribution in [3.8, 4) is 0 Å². The number of para-hydroxylation sites is 1. The number of rotatable bonds is 6. The Hall–Kier alpha value is -1.88. The summed E-state index contributed by atoms with van der Waals surface area (Å²) in [5, 5.41) is 3.67. The third-order valence-corrected chi connectivity index (χ3v) is 5.58. The summed E-state index contributed by atoms with van der Waals surface area (Å²) in [4.78, 5) is 22.5. The molecule has 1 saturated carbocycles. The number of aryl methyl sites for hydroxylation is 2. The lowest BCUT2D eigenvalue weighted by Gasteiger charge is -2.32. The average molecular weight is 340 g/mol. The van der Waals surface area contributed by atoms with Crippen LogP contribution in [-0.4, -0.2) is 46.5 Å². The van der Waals surface area contributed by atoms with Gasteiger partial charge in [-0.15, -0.1) is 0 Å². The third-order valence-electron chi connectivity index (χ3n) is 5.58. The van der Waals surface area contributed by atoms with Crippen LogP contribution in [0.3, 0.4) is 0 Å². The van der Waals surface area contributed by atoms with Gasteiger partial charge < -0.3 is 15.2 Å². The van der Waals surface area contributed by atoms with E-state index in [1.807, 2.05) is 17.0 Å². The Bertz CT molecular complexity index is 741. The number of carbonyl (C=O) groups excluding carboxylic acids is 1. The van der Waals surface area contributed by atoms with Gasteiger partial charge in [-0.05, 0) is 56.7 Å². The van der Waals surface area contributed by atoms with E-state index in [1.165, 1.54) is 24.9 Å². The minimum absolute atomic E-state index is 0.262. The van der Waals surface area contributed by atoms with E-state index >= 15 is 0 Å². The number of carbonyl (C=O) groups is 1. The van der Waals surface area contributed by atoms with Gasteiger partial charge >= 0.3 is 0 Å². The van der Waals surface area contributed by atoms with Gasteiger partial charge in [0, 0.05) is 32.0 Å². The van der Waals surface area contributed by atoms with E-state index in [9.17, 15) is 4.79 Å². The molecule has 0 unspecified atom stereocenters. The van der Waals surface area contributed by atoms with Crippen molar-refractivity contribution in [2.75, 3.05) is 19.6 Å². The van der Waals surface area contributed by atoms with E-state index in [1.54, 1.807) is 0 Å². The number of fused-ring (bicyclic) bond motifs is 1. The number of imidazole rings is 1. The van der Waals surface area contributed by atoms with Gasteiger partial charge in [0.15, 0.2) is 0 Å². The molecule has 2 N–H and O–H groups in total. The van der Waals surface area contributed by atoms with E-state index in [-0.39, 0.29) is 5.91 Å². The number of H-pyrrole nitrogens is 1. The predicted octanol–water partition coefficient (Wildman–Crippen LogP) is 2.79. The van der Waals surface area contributed by atoms with Gasteiger partial charge in [0.25, 0.3) is 0 Å². The SMILES string of the molecule is Cc1cccc2[nH]c(CCC(=O)N3CCC(NCC4CC4)CC3)nc12. The molecule has 5 heteroatoms. The zero-order valence-electron chi connectivity index (χ0n) is 15.1. The van der Waals surface area contributed by atoms with Crippen molar-refractivity contribution >= 4 is 16.9 Å².